The van der Waals surface area contributed by atoms with Crippen LogP contribution in [0.4, 0.5) is 0 Å². The average Bonchev–Trinajstić information content (AvgIpc) is 3.23. The van der Waals surface area contributed by atoms with Gasteiger partial charge in [0.2, 0.25) is 11.4 Å². The van der Waals surface area contributed by atoms with Gasteiger partial charge in [0.05, 0.1) is 12.3 Å². The molecule has 7 heteroatoms. The first-order valence-electron chi connectivity index (χ1n) is 11.1. The summed E-state index contributed by atoms with van der Waals surface area (Å²) in [5.41, 5.74) is -1.11. The van der Waals surface area contributed by atoms with Crippen molar-refractivity contribution >= 4 is 23.8 Å². The molecule has 31 heavy (non-hydrogen) atoms. The van der Waals surface area contributed by atoms with Crippen LogP contribution in [0.25, 0.3) is 0 Å². The van der Waals surface area contributed by atoms with Gasteiger partial charge in [-0.15, -0.1) is 0 Å². The van der Waals surface area contributed by atoms with Crippen LogP contribution in [-0.4, -0.2) is 47.2 Å². The van der Waals surface area contributed by atoms with Gasteiger partial charge >= 0.3 is 5.97 Å². The second-order valence-electron chi connectivity index (χ2n) is 10.3. The van der Waals surface area contributed by atoms with Gasteiger partial charge in [-0.05, 0) is 49.7 Å². The van der Waals surface area contributed by atoms with Gasteiger partial charge in [0.15, 0.2) is 12.4 Å². The van der Waals surface area contributed by atoms with Crippen molar-refractivity contribution in [3.05, 3.63) is 23.8 Å². The summed E-state index contributed by atoms with van der Waals surface area (Å²) in [5, 5.41) is 15.5. The Bertz CT molecular complexity index is 952. The van der Waals surface area contributed by atoms with E-state index in [-0.39, 0.29) is 47.3 Å². The minimum Gasteiger partial charge on any atom is -0.458 e. The van der Waals surface area contributed by atoms with Gasteiger partial charge in [0, 0.05) is 29.6 Å². The number of hydrogen-bond donors (Lipinski definition) is 1. The number of aliphatic hydroxyl groups is 1. The van der Waals surface area contributed by atoms with Gasteiger partial charge < -0.3 is 14.7 Å². The molecule has 5 aliphatic rings. The van der Waals surface area contributed by atoms with Gasteiger partial charge in [-0.1, -0.05) is 30.7 Å². The molecule has 0 aromatic heterocycles. The van der Waals surface area contributed by atoms with Crippen LogP contribution in [-0.2, 0) is 24.0 Å². The topological polar surface area (TPSA) is 102 Å². The van der Waals surface area contributed by atoms with Crippen molar-refractivity contribution in [2.45, 2.75) is 58.2 Å². The molecular weight excluding hydrogens is 398 g/mol. The fourth-order valence-corrected chi connectivity index (χ4v) is 7.77. The fraction of sp³-hybridized carbons (Fsp3) is 0.667. The number of esters is 1. The lowest BCUT2D eigenvalue weighted by Gasteiger charge is -2.59. The number of rotatable bonds is 3. The van der Waals surface area contributed by atoms with E-state index in [2.05, 4.69) is 12.1 Å². The van der Waals surface area contributed by atoms with Gasteiger partial charge in [0.25, 0.3) is 0 Å². The zero-order chi connectivity index (χ0) is 22.2. The van der Waals surface area contributed by atoms with Crippen LogP contribution < -0.4 is 0 Å². The summed E-state index contributed by atoms with van der Waals surface area (Å²) >= 11 is 0. The highest BCUT2D eigenvalue weighted by atomic mass is 16.7. The largest absolute Gasteiger partial charge is 0.458 e. The average molecular weight is 427 g/mol. The highest BCUT2D eigenvalue weighted by Gasteiger charge is 2.74. The van der Waals surface area contributed by atoms with Crippen molar-refractivity contribution in [2.24, 2.45) is 39.7 Å². The molecule has 0 saturated heterocycles. The van der Waals surface area contributed by atoms with Crippen LogP contribution in [0.5, 0.6) is 0 Å². The van der Waals surface area contributed by atoms with Crippen LogP contribution >= 0.6 is 0 Å². The molecule has 0 aromatic carbocycles. The van der Waals surface area contributed by atoms with E-state index in [0.29, 0.717) is 6.42 Å². The van der Waals surface area contributed by atoms with Crippen molar-refractivity contribution in [1.82, 2.24) is 0 Å². The van der Waals surface area contributed by atoms with Gasteiger partial charge in [0.1, 0.15) is 0 Å². The molecular formula is C24H29NO6. The third-order valence-electron chi connectivity index (χ3n) is 9.02. The maximum Gasteiger partial charge on any atom is 0.303 e. The minimum atomic E-state index is -1.21. The summed E-state index contributed by atoms with van der Waals surface area (Å²) in [4.78, 5) is 42.5. The SMILES string of the molecule is CC(=O)OCC(=O)[C@@]12ON=C[C@@H]1C[C@H]1[C@@H]3CCC4=CC(=O)C=C[C@]4(C)[C@H]3[C@@H](O)C[C@@]12C. The third kappa shape index (κ3) is 2.55. The van der Waals surface area contributed by atoms with E-state index in [0.717, 1.165) is 24.8 Å². The Kier molecular flexibility index (Phi) is 4.39. The second kappa shape index (κ2) is 6.61. The number of allylic oxidation sites excluding steroid dienone is 4. The summed E-state index contributed by atoms with van der Waals surface area (Å²) in [6.07, 6.45) is 9.21. The van der Waals surface area contributed by atoms with E-state index in [9.17, 15) is 19.5 Å². The number of fused-ring (bicyclic) bond motifs is 7. The van der Waals surface area contributed by atoms with Gasteiger partial charge in [-0.25, -0.2) is 0 Å². The van der Waals surface area contributed by atoms with Crippen LogP contribution in [0.3, 0.4) is 0 Å². The number of ether oxygens (including phenoxy) is 1. The summed E-state index contributed by atoms with van der Waals surface area (Å²) in [7, 11) is 0. The predicted octanol–water partition coefficient (Wildman–Crippen LogP) is 2.38. The molecule has 0 aromatic rings. The first-order chi connectivity index (χ1) is 14.6. The molecule has 4 aliphatic carbocycles. The van der Waals surface area contributed by atoms with E-state index < -0.39 is 23.1 Å². The van der Waals surface area contributed by atoms with Crippen molar-refractivity contribution < 1.29 is 29.1 Å². The molecule has 166 valence electrons. The number of hydrogen-bond acceptors (Lipinski definition) is 7. The zero-order valence-electron chi connectivity index (χ0n) is 18.2. The first-order valence-corrected chi connectivity index (χ1v) is 11.1. The summed E-state index contributed by atoms with van der Waals surface area (Å²) in [6.45, 7) is 5.08. The minimum absolute atomic E-state index is 0.0103. The third-order valence-corrected chi connectivity index (χ3v) is 9.02. The lowest BCUT2D eigenvalue weighted by Crippen LogP contribution is -2.63. The lowest BCUT2D eigenvalue weighted by atomic mass is 9.46. The molecule has 3 fully saturated rings. The quantitative estimate of drug-likeness (QED) is 0.694. The Balaban J connectivity index is 1.53. The van der Waals surface area contributed by atoms with Crippen LogP contribution in [0.15, 0.2) is 29.0 Å². The number of nitrogens with zero attached hydrogens (tertiary/aromatic N) is 1. The van der Waals surface area contributed by atoms with Crippen LogP contribution in [0.2, 0.25) is 0 Å². The van der Waals surface area contributed by atoms with Crippen molar-refractivity contribution in [2.75, 3.05) is 6.61 Å². The fourth-order valence-electron chi connectivity index (χ4n) is 7.77. The molecule has 1 heterocycles. The summed E-state index contributed by atoms with van der Waals surface area (Å²) in [5.74, 6) is -0.668. The van der Waals surface area contributed by atoms with Gasteiger partial charge in [-0.3, -0.25) is 14.4 Å². The van der Waals surface area contributed by atoms with E-state index in [1.807, 2.05) is 13.0 Å². The van der Waals surface area contributed by atoms with E-state index >= 15 is 0 Å². The predicted molar refractivity (Wildman–Crippen MR) is 111 cm³/mol. The molecule has 0 bridgehead atoms. The van der Waals surface area contributed by atoms with Crippen LogP contribution in [0.1, 0.15) is 46.5 Å². The highest BCUT2D eigenvalue weighted by molar-refractivity contribution is 6.01. The Labute approximate surface area is 181 Å². The molecule has 8 atom stereocenters. The highest BCUT2D eigenvalue weighted by Crippen LogP contribution is 2.69. The monoisotopic (exact) mass is 427 g/mol. The maximum atomic E-state index is 13.4. The number of carbonyl (C=O) groups is 3. The summed E-state index contributed by atoms with van der Waals surface area (Å²) in [6, 6.07) is 0. The number of ketones is 2. The smallest absolute Gasteiger partial charge is 0.303 e. The van der Waals surface area contributed by atoms with Crippen molar-refractivity contribution in [3.8, 4) is 0 Å². The maximum absolute atomic E-state index is 13.4. The van der Waals surface area contributed by atoms with E-state index in [4.69, 9.17) is 9.57 Å². The second-order valence-corrected chi connectivity index (χ2v) is 10.3. The molecule has 0 radical (unpaired) electrons. The number of oxime groups is 1. The molecule has 0 spiro atoms. The standard InChI is InChI=1S/C24H29NO6/c1-13(26)30-12-20(29)24-15(11-25-31-24)9-18-17-5-4-14-8-16(27)6-7-22(14,2)21(17)19(28)10-23(18,24)3/h6-8,11,15,17-19,21,28H,4-5,9-10,12H2,1-3H3/t15-,17-,18-,19-,21+,22-,23-,24-/m0/s1. The Morgan fingerprint density at radius 1 is 1.35 bits per heavy atom. The number of aliphatic hydroxyl groups excluding tert-OH is 1. The normalized spacial score (nSPS) is 46.9. The van der Waals surface area contributed by atoms with Crippen LogP contribution in [0, 0.1) is 34.5 Å². The summed E-state index contributed by atoms with van der Waals surface area (Å²) < 4.78 is 5.04. The molecule has 7 nitrogen and oxygen atoms in total. The van der Waals surface area contributed by atoms with Crippen molar-refractivity contribution in [1.29, 1.82) is 0 Å². The Morgan fingerprint density at radius 3 is 2.87 bits per heavy atom. The van der Waals surface area contributed by atoms with E-state index in [1.165, 1.54) is 6.92 Å². The number of Topliss-reactive ketones (excluding diaryl/α,β-unsaturated/α-hetero) is 1. The molecule has 0 amide bonds. The number of carbonyl (C=O) groups excluding carboxylic acids is 3. The van der Waals surface area contributed by atoms with Gasteiger partial charge in [-0.2, -0.15) is 0 Å². The molecule has 1 N–H and O–H groups in total. The zero-order valence-corrected chi connectivity index (χ0v) is 18.2. The molecule has 1 aliphatic heterocycles. The molecule has 5 rings (SSSR count). The first kappa shape index (κ1) is 20.6. The molecule has 3 saturated carbocycles. The van der Waals surface area contributed by atoms with Crippen molar-refractivity contribution in [3.63, 3.8) is 0 Å². The molecule has 0 unspecified atom stereocenters. The lowest BCUT2D eigenvalue weighted by molar-refractivity contribution is -0.193. The Morgan fingerprint density at radius 2 is 2.13 bits per heavy atom. The Hall–Kier alpha value is -2.28. The van der Waals surface area contributed by atoms with E-state index in [1.54, 1.807) is 18.4 Å².